The second kappa shape index (κ2) is 6.09. The van der Waals surface area contributed by atoms with Crippen molar-refractivity contribution in [3.8, 4) is 0 Å². The molecule has 2 rings (SSSR count). The average Bonchev–Trinajstić information content (AvgIpc) is 2.72. The molecule has 0 saturated heterocycles. The first kappa shape index (κ1) is 12.5. The van der Waals surface area contributed by atoms with Crippen molar-refractivity contribution in [3.63, 3.8) is 0 Å². The van der Waals surface area contributed by atoms with Crippen LogP contribution in [0.1, 0.15) is 23.7 Å². The van der Waals surface area contributed by atoms with Crippen LogP contribution in [0.3, 0.4) is 0 Å². The number of rotatable bonds is 6. The van der Waals surface area contributed by atoms with Crippen molar-refractivity contribution in [2.24, 2.45) is 0 Å². The second-order valence-electron chi connectivity index (χ2n) is 3.62. The van der Waals surface area contributed by atoms with Gasteiger partial charge in [0, 0.05) is 11.1 Å². The van der Waals surface area contributed by atoms with Gasteiger partial charge in [0.15, 0.2) is 12.6 Å². The lowest BCUT2D eigenvalue weighted by molar-refractivity contribution is -0.238. The minimum atomic E-state index is -0.512. The Morgan fingerprint density at radius 3 is 1.82 bits per heavy atom. The lowest BCUT2D eigenvalue weighted by atomic mass is 10.1. The van der Waals surface area contributed by atoms with Crippen LogP contribution in [0.2, 0.25) is 0 Å². The van der Waals surface area contributed by atoms with Crippen LogP contribution < -0.4 is 0 Å². The fraction of sp³-hybridized carbons (Fsp3) is 0.500. The summed E-state index contributed by atoms with van der Waals surface area (Å²) in [4.78, 5) is 0. The maximum absolute atomic E-state index is 8.74. The molecule has 1 aromatic carbocycles. The Labute approximate surface area is 99.5 Å². The first-order chi connectivity index (χ1) is 8.36. The molecule has 94 valence electrons. The fourth-order valence-electron chi connectivity index (χ4n) is 1.78. The van der Waals surface area contributed by atoms with Crippen molar-refractivity contribution in [3.05, 3.63) is 35.4 Å². The molecule has 1 aromatic rings. The second-order valence-corrected chi connectivity index (χ2v) is 3.62. The molecule has 0 radical (unpaired) electrons. The van der Waals surface area contributed by atoms with E-state index in [1.54, 1.807) is 0 Å². The monoisotopic (exact) mass is 240 g/mol. The van der Waals surface area contributed by atoms with Crippen molar-refractivity contribution in [2.45, 2.75) is 12.6 Å². The summed E-state index contributed by atoms with van der Waals surface area (Å²) in [5, 5.41) is 17.5. The highest BCUT2D eigenvalue weighted by atomic mass is 16.8. The van der Waals surface area contributed by atoms with Crippen LogP contribution >= 0.6 is 0 Å². The maximum atomic E-state index is 8.74. The van der Waals surface area contributed by atoms with Gasteiger partial charge < -0.3 is 24.4 Å². The van der Waals surface area contributed by atoms with Gasteiger partial charge in [-0.1, -0.05) is 24.3 Å². The smallest absolute Gasteiger partial charge is 0.187 e. The van der Waals surface area contributed by atoms with Gasteiger partial charge in [0.25, 0.3) is 0 Å². The summed E-state index contributed by atoms with van der Waals surface area (Å²) in [6.45, 7) is 0.325. The summed E-state index contributed by atoms with van der Waals surface area (Å²) in [7, 11) is 0. The number of ether oxygens (including phenoxy) is 3. The highest BCUT2D eigenvalue weighted by molar-refractivity contribution is 5.32. The predicted molar refractivity (Wildman–Crippen MR) is 59.1 cm³/mol. The van der Waals surface area contributed by atoms with E-state index in [4.69, 9.17) is 24.4 Å². The third-order valence-electron chi connectivity index (χ3n) is 2.47. The number of hydrogen-bond acceptors (Lipinski definition) is 5. The SMILES string of the molecule is OCCOC1OC(OCCO)c2ccccc21. The van der Waals surface area contributed by atoms with Gasteiger partial charge in [-0.15, -0.1) is 0 Å². The minimum Gasteiger partial charge on any atom is -0.394 e. The Morgan fingerprint density at radius 1 is 0.941 bits per heavy atom. The highest BCUT2D eigenvalue weighted by Gasteiger charge is 2.32. The van der Waals surface area contributed by atoms with E-state index in [2.05, 4.69) is 0 Å². The van der Waals surface area contributed by atoms with Crippen LogP contribution in [0, 0.1) is 0 Å². The lowest BCUT2D eigenvalue weighted by Gasteiger charge is -2.14. The standard InChI is InChI=1S/C12H16O5/c13-5-7-15-11-9-3-1-2-4-10(9)12(17-11)16-8-6-14/h1-4,11-14H,5-8H2. The number of aliphatic hydroxyl groups is 2. The normalized spacial score (nSPS) is 22.7. The number of aliphatic hydroxyl groups excluding tert-OH is 2. The van der Waals surface area contributed by atoms with E-state index in [-0.39, 0.29) is 26.4 Å². The van der Waals surface area contributed by atoms with Gasteiger partial charge in [0.1, 0.15) is 0 Å². The van der Waals surface area contributed by atoms with Crippen molar-refractivity contribution in [1.82, 2.24) is 0 Å². The molecule has 1 aliphatic rings. The Kier molecular flexibility index (Phi) is 4.47. The van der Waals surface area contributed by atoms with Crippen LogP contribution in [0.5, 0.6) is 0 Å². The van der Waals surface area contributed by atoms with E-state index in [0.29, 0.717) is 0 Å². The zero-order valence-electron chi connectivity index (χ0n) is 9.41. The van der Waals surface area contributed by atoms with E-state index in [1.165, 1.54) is 0 Å². The van der Waals surface area contributed by atoms with E-state index in [1.807, 2.05) is 24.3 Å². The topological polar surface area (TPSA) is 68.2 Å². The summed E-state index contributed by atoms with van der Waals surface area (Å²) >= 11 is 0. The summed E-state index contributed by atoms with van der Waals surface area (Å²) in [6.07, 6.45) is -1.02. The van der Waals surface area contributed by atoms with Crippen molar-refractivity contribution < 1.29 is 24.4 Å². The van der Waals surface area contributed by atoms with Gasteiger partial charge in [0.05, 0.1) is 26.4 Å². The molecule has 0 saturated carbocycles. The van der Waals surface area contributed by atoms with E-state index < -0.39 is 12.6 Å². The molecule has 2 atom stereocenters. The molecule has 0 aliphatic carbocycles. The van der Waals surface area contributed by atoms with Crippen LogP contribution in [0.15, 0.2) is 24.3 Å². The summed E-state index contributed by atoms with van der Waals surface area (Å²) in [6, 6.07) is 7.59. The number of fused-ring (bicyclic) bond motifs is 1. The largest absolute Gasteiger partial charge is 0.394 e. The Bertz CT molecular complexity index is 322. The molecule has 17 heavy (non-hydrogen) atoms. The molecule has 5 nitrogen and oxygen atoms in total. The predicted octanol–water partition coefficient (Wildman–Crippen LogP) is 0.732. The van der Waals surface area contributed by atoms with Gasteiger partial charge in [-0.3, -0.25) is 0 Å². The Balaban J connectivity index is 2.09. The van der Waals surface area contributed by atoms with Gasteiger partial charge in [-0.05, 0) is 0 Å². The molecule has 0 spiro atoms. The van der Waals surface area contributed by atoms with Gasteiger partial charge in [-0.25, -0.2) is 0 Å². The Hall–Kier alpha value is -0.980. The van der Waals surface area contributed by atoms with Crippen molar-refractivity contribution in [2.75, 3.05) is 26.4 Å². The number of hydrogen-bond donors (Lipinski definition) is 2. The molecule has 5 heteroatoms. The number of benzene rings is 1. The molecule has 0 bridgehead atoms. The third kappa shape index (κ3) is 2.83. The fourth-order valence-corrected chi connectivity index (χ4v) is 1.78. The maximum Gasteiger partial charge on any atom is 0.187 e. The first-order valence-corrected chi connectivity index (χ1v) is 5.56. The molecule has 0 aromatic heterocycles. The van der Waals surface area contributed by atoms with E-state index in [9.17, 15) is 0 Å². The van der Waals surface area contributed by atoms with Gasteiger partial charge in [-0.2, -0.15) is 0 Å². The van der Waals surface area contributed by atoms with Crippen molar-refractivity contribution >= 4 is 0 Å². The van der Waals surface area contributed by atoms with Gasteiger partial charge >= 0.3 is 0 Å². The van der Waals surface area contributed by atoms with Crippen LogP contribution in [0.25, 0.3) is 0 Å². The third-order valence-corrected chi connectivity index (χ3v) is 2.47. The van der Waals surface area contributed by atoms with Crippen LogP contribution in [-0.2, 0) is 14.2 Å². The van der Waals surface area contributed by atoms with Crippen molar-refractivity contribution in [1.29, 1.82) is 0 Å². The highest BCUT2D eigenvalue weighted by Crippen LogP contribution is 2.39. The minimum absolute atomic E-state index is 0.0514. The molecule has 2 unspecified atom stereocenters. The zero-order valence-corrected chi connectivity index (χ0v) is 9.41. The first-order valence-electron chi connectivity index (χ1n) is 5.56. The summed E-state index contributed by atoms with van der Waals surface area (Å²) < 4.78 is 16.3. The van der Waals surface area contributed by atoms with Crippen LogP contribution in [-0.4, -0.2) is 36.6 Å². The molecular formula is C12H16O5. The summed E-state index contributed by atoms with van der Waals surface area (Å²) in [5.41, 5.74) is 1.81. The van der Waals surface area contributed by atoms with Gasteiger partial charge in [0.2, 0.25) is 0 Å². The Morgan fingerprint density at radius 2 is 1.41 bits per heavy atom. The molecular weight excluding hydrogens is 224 g/mol. The molecule has 1 heterocycles. The quantitative estimate of drug-likeness (QED) is 0.767. The summed E-state index contributed by atoms with van der Waals surface area (Å²) in [5.74, 6) is 0. The van der Waals surface area contributed by atoms with Crippen LogP contribution in [0.4, 0.5) is 0 Å². The molecule has 0 amide bonds. The van der Waals surface area contributed by atoms with E-state index in [0.717, 1.165) is 11.1 Å². The average molecular weight is 240 g/mol. The molecule has 2 N–H and O–H groups in total. The zero-order chi connectivity index (χ0) is 12.1. The molecule has 1 aliphatic heterocycles. The van der Waals surface area contributed by atoms with E-state index >= 15 is 0 Å². The lowest BCUT2D eigenvalue weighted by Crippen LogP contribution is -2.10. The molecule has 0 fully saturated rings.